The van der Waals surface area contributed by atoms with E-state index in [1.54, 1.807) is 6.07 Å². The van der Waals surface area contributed by atoms with Gasteiger partial charge in [0.15, 0.2) is 0 Å². The zero-order valence-corrected chi connectivity index (χ0v) is 11.8. The van der Waals surface area contributed by atoms with Crippen molar-refractivity contribution in [2.75, 3.05) is 25.5 Å². The van der Waals surface area contributed by atoms with E-state index in [9.17, 15) is 4.79 Å². The third-order valence-corrected chi connectivity index (χ3v) is 3.92. The van der Waals surface area contributed by atoms with Crippen LogP contribution in [0.15, 0.2) is 18.2 Å². The number of anilines is 1. The molecule has 0 aromatic heterocycles. The van der Waals surface area contributed by atoms with Crippen LogP contribution in [-0.2, 0) is 0 Å². The van der Waals surface area contributed by atoms with Crippen LogP contribution in [0.25, 0.3) is 0 Å². The summed E-state index contributed by atoms with van der Waals surface area (Å²) in [7, 11) is 2.15. The average Bonchev–Trinajstić information content (AvgIpc) is 2.32. The number of carboxylic acids is 1. The van der Waals surface area contributed by atoms with Gasteiger partial charge in [0.1, 0.15) is 0 Å². The first-order chi connectivity index (χ1) is 8.97. The summed E-state index contributed by atoms with van der Waals surface area (Å²) in [5.41, 5.74) is 2.20. The van der Waals surface area contributed by atoms with Crippen molar-refractivity contribution in [2.24, 2.45) is 5.92 Å². The number of benzene rings is 1. The fraction of sp³-hybridized carbons (Fsp3) is 0.533. The molecule has 0 saturated carbocycles. The predicted octanol–water partition coefficient (Wildman–Crippen LogP) is 2.45. The van der Waals surface area contributed by atoms with Crippen molar-refractivity contribution in [1.29, 1.82) is 0 Å². The van der Waals surface area contributed by atoms with Crippen molar-refractivity contribution in [3.63, 3.8) is 0 Å². The maximum absolute atomic E-state index is 11.0. The normalized spacial score (nSPS) is 24.2. The summed E-state index contributed by atoms with van der Waals surface area (Å²) in [6.45, 7) is 6.30. The summed E-state index contributed by atoms with van der Waals surface area (Å²) in [4.78, 5) is 13.3. The molecule has 104 valence electrons. The quantitative estimate of drug-likeness (QED) is 0.878. The summed E-state index contributed by atoms with van der Waals surface area (Å²) in [5, 5.41) is 12.6. The lowest BCUT2D eigenvalue weighted by Gasteiger charge is -2.35. The Kier molecular flexibility index (Phi) is 4.10. The molecule has 2 unspecified atom stereocenters. The van der Waals surface area contributed by atoms with Gasteiger partial charge in [-0.15, -0.1) is 0 Å². The first-order valence-electron chi connectivity index (χ1n) is 6.76. The zero-order chi connectivity index (χ0) is 14.0. The van der Waals surface area contributed by atoms with Gasteiger partial charge in [0.05, 0.1) is 5.56 Å². The largest absolute Gasteiger partial charge is 0.478 e. The van der Waals surface area contributed by atoms with Gasteiger partial charge in [0.2, 0.25) is 0 Å². The van der Waals surface area contributed by atoms with Crippen LogP contribution in [0, 0.1) is 12.8 Å². The first kappa shape index (κ1) is 13.9. The van der Waals surface area contributed by atoms with E-state index < -0.39 is 5.97 Å². The Labute approximate surface area is 114 Å². The molecule has 2 N–H and O–H groups in total. The van der Waals surface area contributed by atoms with Gasteiger partial charge >= 0.3 is 5.97 Å². The van der Waals surface area contributed by atoms with E-state index in [0.29, 0.717) is 17.5 Å². The monoisotopic (exact) mass is 262 g/mol. The highest BCUT2D eigenvalue weighted by Crippen LogP contribution is 2.22. The van der Waals surface area contributed by atoms with E-state index in [2.05, 4.69) is 24.2 Å². The number of piperidine rings is 1. The molecule has 19 heavy (non-hydrogen) atoms. The number of carboxylic acid groups (broad SMARTS) is 1. The fourth-order valence-electron chi connectivity index (χ4n) is 2.78. The Morgan fingerprint density at radius 2 is 2.21 bits per heavy atom. The molecule has 1 aromatic rings. The highest BCUT2D eigenvalue weighted by molar-refractivity contribution is 5.89. The molecule has 1 aliphatic rings. The lowest BCUT2D eigenvalue weighted by Crippen LogP contribution is -2.43. The number of hydrogen-bond donors (Lipinski definition) is 2. The molecule has 0 bridgehead atoms. The molecule has 1 fully saturated rings. The van der Waals surface area contributed by atoms with E-state index in [-0.39, 0.29) is 0 Å². The van der Waals surface area contributed by atoms with Gasteiger partial charge in [-0.1, -0.05) is 6.92 Å². The molecule has 0 amide bonds. The van der Waals surface area contributed by atoms with Crippen LogP contribution < -0.4 is 5.32 Å². The maximum Gasteiger partial charge on any atom is 0.335 e. The number of carbonyl (C=O) groups is 1. The van der Waals surface area contributed by atoms with Gasteiger partial charge in [-0.05, 0) is 56.6 Å². The van der Waals surface area contributed by atoms with Gasteiger partial charge in [-0.3, -0.25) is 0 Å². The number of likely N-dealkylation sites (tertiary alicyclic amines) is 1. The highest BCUT2D eigenvalue weighted by Gasteiger charge is 2.24. The number of aromatic carboxylic acids is 1. The Bertz CT molecular complexity index is 473. The van der Waals surface area contributed by atoms with Gasteiger partial charge in [-0.25, -0.2) is 4.79 Å². The molecule has 4 nitrogen and oxygen atoms in total. The van der Waals surface area contributed by atoms with Gasteiger partial charge in [-0.2, -0.15) is 0 Å². The molecule has 2 atom stereocenters. The Hall–Kier alpha value is -1.55. The molecule has 0 aliphatic carbocycles. The number of aryl methyl sites for hydroxylation is 1. The van der Waals surface area contributed by atoms with Gasteiger partial charge in [0, 0.05) is 18.3 Å². The second kappa shape index (κ2) is 5.61. The Morgan fingerprint density at radius 1 is 1.47 bits per heavy atom. The first-order valence-corrected chi connectivity index (χ1v) is 6.76. The summed E-state index contributed by atoms with van der Waals surface area (Å²) in [6, 6.07) is 5.93. The fourth-order valence-corrected chi connectivity index (χ4v) is 2.78. The summed E-state index contributed by atoms with van der Waals surface area (Å²) >= 11 is 0. The van der Waals surface area contributed by atoms with E-state index in [0.717, 1.165) is 30.8 Å². The molecule has 2 rings (SSSR count). The lowest BCUT2D eigenvalue weighted by atomic mass is 9.94. The van der Waals surface area contributed by atoms with Crippen LogP contribution in [0.2, 0.25) is 0 Å². The standard InChI is InChI=1S/C15H22N2O2/c1-10-8-12(4-5-13(10)15(18)19)16-14-6-7-17(3)9-11(14)2/h4-5,8,11,14,16H,6-7,9H2,1-3H3,(H,18,19). The lowest BCUT2D eigenvalue weighted by molar-refractivity contribution is 0.0696. The number of hydrogen-bond acceptors (Lipinski definition) is 3. The third-order valence-electron chi connectivity index (χ3n) is 3.92. The molecule has 0 radical (unpaired) electrons. The zero-order valence-electron chi connectivity index (χ0n) is 11.8. The molecule has 1 saturated heterocycles. The molecule has 1 aromatic carbocycles. The second-order valence-corrected chi connectivity index (χ2v) is 5.61. The SMILES string of the molecule is Cc1cc(NC2CCN(C)CC2C)ccc1C(=O)O. The Morgan fingerprint density at radius 3 is 2.79 bits per heavy atom. The minimum Gasteiger partial charge on any atom is -0.478 e. The van der Waals surface area contributed by atoms with Crippen LogP contribution in [0.4, 0.5) is 5.69 Å². The van der Waals surface area contributed by atoms with Crippen molar-refractivity contribution >= 4 is 11.7 Å². The molecule has 4 heteroatoms. The van der Waals surface area contributed by atoms with Crippen LogP contribution in [0.3, 0.4) is 0 Å². The van der Waals surface area contributed by atoms with E-state index in [4.69, 9.17) is 5.11 Å². The van der Waals surface area contributed by atoms with Crippen molar-refractivity contribution in [3.8, 4) is 0 Å². The van der Waals surface area contributed by atoms with Crippen LogP contribution >= 0.6 is 0 Å². The van der Waals surface area contributed by atoms with Crippen LogP contribution in [0.1, 0.15) is 29.3 Å². The summed E-state index contributed by atoms with van der Waals surface area (Å²) in [6.07, 6.45) is 1.12. The summed E-state index contributed by atoms with van der Waals surface area (Å²) < 4.78 is 0. The maximum atomic E-state index is 11.0. The van der Waals surface area contributed by atoms with Gasteiger partial charge < -0.3 is 15.3 Å². The highest BCUT2D eigenvalue weighted by atomic mass is 16.4. The van der Waals surface area contributed by atoms with Crippen molar-refractivity contribution in [3.05, 3.63) is 29.3 Å². The minimum absolute atomic E-state index is 0.377. The van der Waals surface area contributed by atoms with Crippen LogP contribution in [0.5, 0.6) is 0 Å². The van der Waals surface area contributed by atoms with Crippen LogP contribution in [-0.4, -0.2) is 42.2 Å². The average molecular weight is 262 g/mol. The van der Waals surface area contributed by atoms with E-state index >= 15 is 0 Å². The number of nitrogens with zero attached hydrogens (tertiary/aromatic N) is 1. The second-order valence-electron chi connectivity index (χ2n) is 5.61. The smallest absolute Gasteiger partial charge is 0.335 e. The molecular weight excluding hydrogens is 240 g/mol. The van der Waals surface area contributed by atoms with Crippen molar-refractivity contribution in [2.45, 2.75) is 26.3 Å². The minimum atomic E-state index is -0.864. The summed E-state index contributed by atoms with van der Waals surface area (Å²) in [5.74, 6) is -0.269. The van der Waals surface area contributed by atoms with Gasteiger partial charge in [0.25, 0.3) is 0 Å². The Balaban J connectivity index is 2.07. The predicted molar refractivity (Wildman–Crippen MR) is 76.8 cm³/mol. The van der Waals surface area contributed by atoms with Crippen molar-refractivity contribution in [1.82, 2.24) is 4.90 Å². The topological polar surface area (TPSA) is 52.6 Å². The van der Waals surface area contributed by atoms with Crippen molar-refractivity contribution < 1.29 is 9.90 Å². The molecule has 1 heterocycles. The molecular formula is C15H22N2O2. The number of rotatable bonds is 3. The number of nitrogens with one attached hydrogen (secondary N) is 1. The molecule has 1 aliphatic heterocycles. The molecule has 0 spiro atoms. The third kappa shape index (κ3) is 3.26. The van der Waals surface area contributed by atoms with E-state index in [1.165, 1.54) is 0 Å². The van der Waals surface area contributed by atoms with E-state index in [1.807, 2.05) is 19.1 Å².